The molecule has 0 radical (unpaired) electrons. The van der Waals surface area contributed by atoms with Crippen LogP contribution in [0.5, 0.6) is 5.75 Å². The van der Waals surface area contributed by atoms with Gasteiger partial charge in [0.15, 0.2) is 17.4 Å². The van der Waals surface area contributed by atoms with Crippen LogP contribution < -0.4 is 10.5 Å². The van der Waals surface area contributed by atoms with E-state index in [1.54, 1.807) is 0 Å². The first-order chi connectivity index (χ1) is 7.84. The molecule has 0 bridgehead atoms. The third-order valence-electron chi connectivity index (χ3n) is 1.80. The Morgan fingerprint density at radius 3 is 2.41 bits per heavy atom. The first kappa shape index (κ1) is 13.2. The van der Waals surface area contributed by atoms with Crippen LogP contribution in [0.25, 0.3) is 0 Å². The van der Waals surface area contributed by atoms with Gasteiger partial charge in [0.1, 0.15) is 12.6 Å². The third kappa shape index (κ3) is 2.84. The predicted octanol–water partition coefficient (Wildman–Crippen LogP) is 1.03. The number of halogens is 4. The number of carboxylic acids is 1. The van der Waals surface area contributed by atoms with E-state index in [-0.39, 0.29) is 6.07 Å². The molecule has 1 aromatic rings. The number of aliphatic carboxylic acids is 1. The van der Waals surface area contributed by atoms with Gasteiger partial charge in [0, 0.05) is 6.07 Å². The lowest BCUT2D eigenvalue weighted by atomic mass is 10.3. The van der Waals surface area contributed by atoms with Crippen molar-refractivity contribution in [2.45, 2.75) is 6.04 Å². The smallest absolute Gasteiger partial charge is 0.324 e. The van der Waals surface area contributed by atoms with Crippen LogP contribution >= 0.6 is 0 Å². The quantitative estimate of drug-likeness (QED) is 0.477. The highest BCUT2D eigenvalue weighted by Crippen LogP contribution is 2.24. The van der Waals surface area contributed by atoms with Gasteiger partial charge < -0.3 is 15.6 Å². The Kier molecular flexibility index (Phi) is 3.89. The van der Waals surface area contributed by atoms with E-state index in [1.165, 1.54) is 0 Å². The van der Waals surface area contributed by atoms with Gasteiger partial charge >= 0.3 is 5.97 Å². The molecule has 94 valence electrons. The zero-order valence-corrected chi connectivity index (χ0v) is 8.21. The zero-order valence-electron chi connectivity index (χ0n) is 8.21. The highest BCUT2D eigenvalue weighted by Gasteiger charge is 2.21. The number of rotatable bonds is 4. The first-order valence-electron chi connectivity index (χ1n) is 4.28. The van der Waals surface area contributed by atoms with Crippen molar-refractivity contribution in [1.29, 1.82) is 0 Å². The van der Waals surface area contributed by atoms with Gasteiger partial charge in [0.25, 0.3) is 0 Å². The van der Waals surface area contributed by atoms with Crippen LogP contribution in [0.1, 0.15) is 0 Å². The minimum absolute atomic E-state index is 0.266. The number of nitrogens with two attached hydrogens (primary N) is 1. The molecule has 1 rings (SSSR count). The van der Waals surface area contributed by atoms with Gasteiger partial charge in [-0.05, 0) is 0 Å². The number of hydrogen-bond acceptors (Lipinski definition) is 3. The summed E-state index contributed by atoms with van der Waals surface area (Å²) < 4.78 is 55.4. The Hall–Kier alpha value is -1.83. The predicted molar refractivity (Wildman–Crippen MR) is 47.4 cm³/mol. The van der Waals surface area contributed by atoms with Crippen molar-refractivity contribution in [2.24, 2.45) is 5.73 Å². The molecule has 0 saturated heterocycles. The summed E-state index contributed by atoms with van der Waals surface area (Å²) in [7, 11) is 0. The maximum absolute atomic E-state index is 13.0. The van der Waals surface area contributed by atoms with E-state index < -0.39 is 47.6 Å². The number of ether oxygens (including phenoxy) is 1. The largest absolute Gasteiger partial charge is 0.488 e. The molecular weight excluding hydrogens is 246 g/mol. The van der Waals surface area contributed by atoms with Gasteiger partial charge in [-0.15, -0.1) is 0 Å². The van der Waals surface area contributed by atoms with Crippen LogP contribution in [0.15, 0.2) is 6.07 Å². The SMILES string of the molecule is N[C@@H](COc1cc(F)c(F)c(F)c1F)C(=O)O. The number of hydrogen-bond donors (Lipinski definition) is 2. The van der Waals surface area contributed by atoms with Crippen LogP contribution in [0.4, 0.5) is 17.6 Å². The van der Waals surface area contributed by atoms with Crippen LogP contribution in [-0.4, -0.2) is 23.7 Å². The molecule has 8 heteroatoms. The second-order valence-electron chi connectivity index (χ2n) is 3.05. The Bertz CT molecular complexity index is 452. The van der Waals surface area contributed by atoms with Crippen molar-refractivity contribution in [2.75, 3.05) is 6.61 Å². The van der Waals surface area contributed by atoms with E-state index in [4.69, 9.17) is 10.8 Å². The zero-order chi connectivity index (χ0) is 13.2. The molecule has 17 heavy (non-hydrogen) atoms. The van der Waals surface area contributed by atoms with Crippen molar-refractivity contribution in [3.63, 3.8) is 0 Å². The van der Waals surface area contributed by atoms with Gasteiger partial charge in [-0.1, -0.05) is 0 Å². The lowest BCUT2D eigenvalue weighted by Crippen LogP contribution is -2.36. The molecule has 0 fully saturated rings. The lowest BCUT2D eigenvalue weighted by molar-refractivity contribution is -0.139. The number of carboxylic acid groups (broad SMARTS) is 1. The van der Waals surface area contributed by atoms with Crippen LogP contribution in [-0.2, 0) is 4.79 Å². The summed E-state index contributed by atoms with van der Waals surface area (Å²) in [5.74, 6) is -9.79. The summed E-state index contributed by atoms with van der Waals surface area (Å²) in [6.07, 6.45) is 0. The Morgan fingerprint density at radius 1 is 1.29 bits per heavy atom. The molecule has 1 atom stereocenters. The maximum Gasteiger partial charge on any atom is 0.324 e. The van der Waals surface area contributed by atoms with Gasteiger partial charge in [0.05, 0.1) is 0 Å². The topological polar surface area (TPSA) is 72.5 Å². The molecule has 0 unspecified atom stereocenters. The molecule has 0 amide bonds. The average molecular weight is 253 g/mol. The Labute approximate surface area is 92.6 Å². The van der Waals surface area contributed by atoms with Gasteiger partial charge in [-0.25, -0.2) is 13.2 Å². The van der Waals surface area contributed by atoms with E-state index in [0.29, 0.717) is 0 Å². The average Bonchev–Trinajstić information content (AvgIpc) is 2.28. The molecule has 0 aromatic heterocycles. The molecule has 3 N–H and O–H groups in total. The molecule has 0 aliphatic heterocycles. The van der Waals surface area contributed by atoms with Gasteiger partial charge in [0.2, 0.25) is 11.6 Å². The fourth-order valence-corrected chi connectivity index (χ4v) is 0.907. The lowest BCUT2D eigenvalue weighted by Gasteiger charge is -2.10. The molecule has 0 saturated carbocycles. The standard InChI is InChI=1S/C9H7F4NO3/c10-3-1-5(7(12)8(13)6(3)11)17-2-4(14)9(15)16/h1,4H,2,14H2,(H,15,16)/t4-/m0/s1. The fourth-order valence-electron chi connectivity index (χ4n) is 0.907. The molecule has 0 aliphatic rings. The molecular formula is C9H7F4NO3. The monoisotopic (exact) mass is 253 g/mol. The van der Waals surface area contributed by atoms with Crippen molar-refractivity contribution >= 4 is 5.97 Å². The maximum atomic E-state index is 13.0. The van der Waals surface area contributed by atoms with Crippen molar-refractivity contribution in [3.8, 4) is 5.75 Å². The van der Waals surface area contributed by atoms with Crippen molar-refractivity contribution in [1.82, 2.24) is 0 Å². The van der Waals surface area contributed by atoms with E-state index in [2.05, 4.69) is 4.74 Å². The number of carbonyl (C=O) groups is 1. The molecule has 0 heterocycles. The Balaban J connectivity index is 2.89. The Morgan fingerprint density at radius 2 is 1.88 bits per heavy atom. The molecule has 4 nitrogen and oxygen atoms in total. The van der Waals surface area contributed by atoms with E-state index >= 15 is 0 Å². The summed E-state index contributed by atoms with van der Waals surface area (Å²) in [5, 5.41) is 8.38. The molecule has 0 spiro atoms. The number of benzene rings is 1. The second kappa shape index (κ2) is 5.00. The van der Waals surface area contributed by atoms with Gasteiger partial charge in [-0.3, -0.25) is 4.79 Å². The normalized spacial score (nSPS) is 12.3. The minimum Gasteiger partial charge on any atom is -0.488 e. The summed E-state index contributed by atoms with van der Waals surface area (Å²) >= 11 is 0. The van der Waals surface area contributed by atoms with Crippen molar-refractivity contribution in [3.05, 3.63) is 29.3 Å². The molecule has 1 aromatic carbocycles. The van der Waals surface area contributed by atoms with E-state index in [9.17, 15) is 22.4 Å². The minimum atomic E-state index is -2.04. The fraction of sp³-hybridized carbons (Fsp3) is 0.222. The highest BCUT2D eigenvalue weighted by molar-refractivity contribution is 5.73. The highest BCUT2D eigenvalue weighted by atomic mass is 19.2. The molecule has 0 aliphatic carbocycles. The van der Waals surface area contributed by atoms with Gasteiger partial charge in [-0.2, -0.15) is 4.39 Å². The van der Waals surface area contributed by atoms with Crippen molar-refractivity contribution < 1.29 is 32.2 Å². The summed E-state index contributed by atoms with van der Waals surface area (Å²) in [5.41, 5.74) is 5.01. The summed E-state index contributed by atoms with van der Waals surface area (Å²) in [6, 6.07) is -1.23. The first-order valence-corrected chi connectivity index (χ1v) is 4.28. The van der Waals surface area contributed by atoms with Crippen LogP contribution in [0, 0.1) is 23.3 Å². The van der Waals surface area contributed by atoms with Crippen LogP contribution in [0.3, 0.4) is 0 Å². The second-order valence-corrected chi connectivity index (χ2v) is 3.05. The summed E-state index contributed by atoms with van der Waals surface area (Å²) in [6.45, 7) is -0.712. The summed E-state index contributed by atoms with van der Waals surface area (Å²) in [4.78, 5) is 10.3. The van der Waals surface area contributed by atoms with E-state index in [1.807, 2.05) is 0 Å². The third-order valence-corrected chi connectivity index (χ3v) is 1.80. The van der Waals surface area contributed by atoms with Crippen LogP contribution in [0.2, 0.25) is 0 Å². The van der Waals surface area contributed by atoms with E-state index in [0.717, 1.165) is 0 Å².